The minimum Gasteiger partial charge on any atom is -0.324 e. The summed E-state index contributed by atoms with van der Waals surface area (Å²) in [4.78, 5) is 33.3. The van der Waals surface area contributed by atoms with Crippen LogP contribution in [0.2, 0.25) is 0 Å². The van der Waals surface area contributed by atoms with Gasteiger partial charge in [-0.25, -0.2) is 34.9 Å². The zero-order valence-electron chi connectivity index (χ0n) is 27.3. The Morgan fingerprint density at radius 2 is 0.982 bits per heavy atom. The molecule has 0 saturated heterocycles. The summed E-state index contributed by atoms with van der Waals surface area (Å²) in [5.41, 5.74) is 0.707. The second-order valence-electron chi connectivity index (χ2n) is 12.4. The molecule has 0 saturated carbocycles. The van der Waals surface area contributed by atoms with Crippen molar-refractivity contribution < 1.29 is 51.9 Å². The number of amidine groups is 5. The topological polar surface area (TPSA) is 320 Å². The molecule has 5 aliphatic rings. The molecule has 5 N–H and O–H groups in total. The van der Waals surface area contributed by atoms with Gasteiger partial charge < -0.3 is 4.98 Å². The van der Waals surface area contributed by atoms with Crippen molar-refractivity contribution in [1.82, 2.24) is 4.98 Å². The summed E-state index contributed by atoms with van der Waals surface area (Å²) in [5, 5.41) is -1.16. The molecule has 0 spiro atoms. The van der Waals surface area contributed by atoms with Crippen LogP contribution < -0.4 is 11.0 Å². The number of hydrogen-bond acceptors (Lipinski definition) is 15. The van der Waals surface area contributed by atoms with Crippen LogP contribution in [-0.2, 0) is 40.5 Å². The number of aliphatic imine (C=N–C) groups is 5. The first kappa shape index (κ1) is 35.7. The summed E-state index contributed by atoms with van der Waals surface area (Å²) in [5.74, 6) is -0.906. The molecule has 282 valence electrons. The van der Waals surface area contributed by atoms with Crippen molar-refractivity contribution in [3.8, 4) is 0 Å². The van der Waals surface area contributed by atoms with Crippen molar-refractivity contribution in [3.05, 3.63) is 123 Å². The standard InChI is InChI=1S/C32H18N8O12S4/c41-53(42,43)13-1-5-17-21(9-13)29-34-25(17)33-26-18-6-2-15(55(47,48)49)11-23(18)31(35-26)40-32-24-12-16(56(50,51)52)4-8-20(24)28(39-32)38-30-22-10-14(54(44,45)46)3-7-19(22)27(36-29)37-30/h1-12,15H,(H,41,42,43)(H,44,45,46)(H,47,48,49)(H,50,51,52)(H,33,34,35,36,37,38,39,40). The van der Waals surface area contributed by atoms with Gasteiger partial charge in [-0.1, -0.05) is 12.2 Å². The van der Waals surface area contributed by atoms with Crippen LogP contribution in [0.4, 0.5) is 0 Å². The molecule has 8 bridgehead atoms. The van der Waals surface area contributed by atoms with Crippen LogP contribution in [0.1, 0.15) is 22.3 Å². The van der Waals surface area contributed by atoms with E-state index in [9.17, 15) is 51.9 Å². The van der Waals surface area contributed by atoms with E-state index in [-0.39, 0.29) is 90.1 Å². The molecular weight excluding hydrogens is 817 g/mol. The highest BCUT2D eigenvalue weighted by Gasteiger charge is 2.33. The van der Waals surface area contributed by atoms with Crippen molar-refractivity contribution in [2.24, 2.45) is 34.9 Å². The first-order chi connectivity index (χ1) is 26.2. The van der Waals surface area contributed by atoms with E-state index in [4.69, 9.17) is 0 Å². The largest absolute Gasteiger partial charge is 0.324 e. The molecule has 1 unspecified atom stereocenters. The predicted octanol–water partition coefficient (Wildman–Crippen LogP) is 0.951. The van der Waals surface area contributed by atoms with Crippen LogP contribution in [-0.4, -0.2) is 91.3 Å². The molecule has 24 heteroatoms. The minimum absolute atomic E-state index is 0.0183. The molecule has 20 nitrogen and oxygen atoms in total. The van der Waals surface area contributed by atoms with Gasteiger partial charge in [-0.3, -0.25) is 18.2 Å². The fraction of sp³-hybridized carbons (Fsp3) is 0.0312. The van der Waals surface area contributed by atoms with Gasteiger partial charge in [0.1, 0.15) is 16.2 Å². The Morgan fingerprint density at radius 1 is 0.500 bits per heavy atom. The maximum Gasteiger partial charge on any atom is 0.294 e. The van der Waals surface area contributed by atoms with Gasteiger partial charge in [0.05, 0.1) is 14.7 Å². The Morgan fingerprint density at radius 3 is 1.54 bits per heavy atom. The van der Waals surface area contributed by atoms with Crippen LogP contribution in [0.25, 0.3) is 10.8 Å². The Hall–Kier alpha value is -5.99. The van der Waals surface area contributed by atoms with Crippen LogP contribution in [0.5, 0.6) is 0 Å². The maximum absolute atomic E-state index is 12.2. The van der Waals surface area contributed by atoms with Crippen molar-refractivity contribution >= 4 is 80.4 Å². The van der Waals surface area contributed by atoms with E-state index in [1.165, 1.54) is 30.4 Å². The molecule has 9 rings (SSSR count). The quantitative estimate of drug-likeness (QED) is 0.180. The van der Waals surface area contributed by atoms with E-state index in [0.717, 1.165) is 42.5 Å². The lowest BCUT2D eigenvalue weighted by Crippen LogP contribution is -2.19. The summed E-state index contributed by atoms with van der Waals surface area (Å²) in [6.07, 6.45) is 3.68. The molecular formula is C32H18N8O12S4. The Bertz CT molecular complexity index is 3470. The number of rotatable bonds is 4. The van der Waals surface area contributed by atoms with Crippen molar-refractivity contribution in [2.75, 3.05) is 0 Å². The van der Waals surface area contributed by atoms with E-state index in [2.05, 4.69) is 39.9 Å². The number of fused-ring (bicyclic) bond motifs is 16. The van der Waals surface area contributed by atoms with Crippen molar-refractivity contribution in [1.29, 1.82) is 0 Å². The third-order valence-corrected chi connectivity index (χ3v) is 12.5. The number of nitrogens with zero attached hydrogens (tertiary/aromatic N) is 7. The highest BCUT2D eigenvalue weighted by atomic mass is 32.2. The molecule has 1 aromatic heterocycles. The second-order valence-corrected chi connectivity index (χ2v) is 18.3. The average molecular weight is 835 g/mol. The maximum atomic E-state index is 12.2. The van der Waals surface area contributed by atoms with E-state index in [1.807, 2.05) is 0 Å². The molecule has 1 atom stereocenters. The van der Waals surface area contributed by atoms with E-state index in [1.54, 1.807) is 0 Å². The molecule has 0 radical (unpaired) electrons. The normalized spacial score (nSPS) is 18.8. The average Bonchev–Trinajstić information content (AvgIpc) is 3.84. The highest BCUT2D eigenvalue weighted by Crippen LogP contribution is 2.34. The lowest BCUT2D eigenvalue weighted by molar-refractivity contribution is 0.479. The van der Waals surface area contributed by atoms with E-state index >= 15 is 0 Å². The predicted molar refractivity (Wildman–Crippen MR) is 196 cm³/mol. The molecule has 56 heavy (non-hydrogen) atoms. The Balaban J connectivity index is 1.40. The van der Waals surface area contributed by atoms with Gasteiger partial charge in [0.2, 0.25) is 0 Å². The first-order valence-corrected chi connectivity index (χ1v) is 21.4. The van der Waals surface area contributed by atoms with Crippen LogP contribution >= 0.6 is 0 Å². The highest BCUT2D eigenvalue weighted by molar-refractivity contribution is 7.87. The summed E-state index contributed by atoms with van der Waals surface area (Å²) >= 11 is 0. The molecule has 5 heterocycles. The van der Waals surface area contributed by atoms with Gasteiger partial charge in [0.15, 0.2) is 35.0 Å². The monoisotopic (exact) mass is 834 g/mol. The van der Waals surface area contributed by atoms with Crippen LogP contribution in [0.15, 0.2) is 139 Å². The second kappa shape index (κ2) is 11.8. The molecule has 3 aromatic carbocycles. The van der Waals surface area contributed by atoms with Gasteiger partial charge in [0, 0.05) is 44.2 Å². The number of aromatic nitrogens is 1. The molecule has 0 amide bonds. The van der Waals surface area contributed by atoms with Crippen LogP contribution in [0.3, 0.4) is 0 Å². The number of H-pyrrole nitrogens is 1. The van der Waals surface area contributed by atoms with Gasteiger partial charge in [-0.2, -0.15) is 33.7 Å². The summed E-state index contributed by atoms with van der Waals surface area (Å²) < 4.78 is 137. The Kier molecular flexibility index (Phi) is 7.50. The number of allylic oxidation sites excluding steroid dienone is 1. The molecule has 0 fully saturated rings. The fourth-order valence-corrected chi connectivity index (χ4v) is 8.49. The van der Waals surface area contributed by atoms with Gasteiger partial charge in [-0.15, -0.1) is 0 Å². The van der Waals surface area contributed by atoms with Gasteiger partial charge in [-0.05, 0) is 60.7 Å². The third kappa shape index (κ3) is 5.91. The van der Waals surface area contributed by atoms with E-state index < -0.39 is 60.4 Å². The lowest BCUT2D eigenvalue weighted by Gasteiger charge is -2.13. The van der Waals surface area contributed by atoms with E-state index in [0.29, 0.717) is 0 Å². The number of nitrogens with one attached hydrogen (secondary N) is 1. The SMILES string of the molecule is O=S(=O)(O)c1ccc2c(c1)C1=NC3=NC(=C4C=CC(S(=O)(=O)O)C=C34)N=c3[nH]c(c4cc(S(=O)(=O)O)ccc34)=NC3=NC(=NC2=N1)c1cc(S(=O)(=O)O)ccc13. The van der Waals surface area contributed by atoms with Gasteiger partial charge >= 0.3 is 0 Å². The number of hydrogen-bond donors (Lipinski definition) is 5. The fourth-order valence-electron chi connectivity index (χ4n) is 6.39. The number of benzene rings is 3. The zero-order valence-corrected chi connectivity index (χ0v) is 30.6. The number of aromatic amines is 1. The van der Waals surface area contributed by atoms with Crippen molar-refractivity contribution in [2.45, 2.75) is 19.9 Å². The smallest absolute Gasteiger partial charge is 0.294 e. The zero-order chi connectivity index (χ0) is 39.7. The summed E-state index contributed by atoms with van der Waals surface area (Å²) in [7, 11) is -18.9. The summed E-state index contributed by atoms with van der Waals surface area (Å²) in [6, 6.07) is 10.5. The third-order valence-electron chi connectivity index (χ3n) is 8.97. The molecule has 4 aromatic rings. The lowest BCUT2D eigenvalue weighted by atomic mass is 10.00. The first-order valence-electron chi connectivity index (χ1n) is 15.6. The molecule has 1 aliphatic carbocycles. The minimum atomic E-state index is -4.76. The van der Waals surface area contributed by atoms with Crippen molar-refractivity contribution in [3.63, 3.8) is 0 Å². The van der Waals surface area contributed by atoms with Crippen LogP contribution in [0, 0.1) is 0 Å². The Labute approximate surface area is 313 Å². The molecule has 4 aliphatic heterocycles. The van der Waals surface area contributed by atoms with Gasteiger partial charge in [0.25, 0.3) is 40.5 Å². The summed E-state index contributed by atoms with van der Waals surface area (Å²) in [6.45, 7) is 0.